The molecule has 2 aliphatic heterocycles. The lowest BCUT2D eigenvalue weighted by molar-refractivity contribution is -0.140. The average molecular weight is 399 g/mol. The number of rotatable bonds is 4. The quantitative estimate of drug-likeness (QED) is 0.485. The molecule has 2 aromatic rings. The van der Waals surface area contributed by atoms with Crippen molar-refractivity contribution in [2.24, 2.45) is 0 Å². The largest absolute Gasteiger partial charge is 0.507 e. The van der Waals surface area contributed by atoms with Gasteiger partial charge in [0.25, 0.3) is 11.7 Å². The minimum absolute atomic E-state index is 0.0540. The van der Waals surface area contributed by atoms with E-state index < -0.39 is 17.7 Å². The predicted octanol–water partition coefficient (Wildman–Crippen LogP) is 3.34. The van der Waals surface area contributed by atoms with Crippen molar-refractivity contribution >= 4 is 29.1 Å². The lowest BCUT2D eigenvalue weighted by Crippen LogP contribution is -2.36. The zero-order valence-electron chi connectivity index (χ0n) is 15.0. The molecule has 1 N–H and O–H groups in total. The van der Waals surface area contributed by atoms with Gasteiger partial charge in [0, 0.05) is 36.1 Å². The summed E-state index contributed by atoms with van der Waals surface area (Å²) in [6, 6.07) is 9.30. The molecule has 0 saturated carbocycles. The maximum absolute atomic E-state index is 12.9. The Morgan fingerprint density at radius 2 is 2.04 bits per heavy atom. The Morgan fingerprint density at radius 1 is 1.25 bits per heavy atom. The van der Waals surface area contributed by atoms with Gasteiger partial charge in [0.2, 0.25) is 0 Å². The topological polar surface area (TPSA) is 79.7 Å². The highest BCUT2D eigenvalue weighted by molar-refractivity contribution is 6.46. The smallest absolute Gasteiger partial charge is 0.295 e. The molecule has 2 aliphatic rings. The molecule has 0 spiro atoms. The molecule has 28 heavy (non-hydrogen) atoms. The van der Waals surface area contributed by atoms with E-state index in [0.29, 0.717) is 29.3 Å². The van der Waals surface area contributed by atoms with Crippen molar-refractivity contribution in [3.63, 3.8) is 0 Å². The number of aliphatic hydroxyl groups excluding tert-OH is 1. The predicted molar refractivity (Wildman–Crippen MR) is 104 cm³/mol. The van der Waals surface area contributed by atoms with E-state index in [9.17, 15) is 14.7 Å². The molecule has 7 heteroatoms. The second-order valence-electron chi connectivity index (χ2n) is 6.88. The average Bonchev–Trinajstić information content (AvgIpc) is 3.31. The summed E-state index contributed by atoms with van der Waals surface area (Å²) in [6.07, 6.45) is 4.87. The van der Waals surface area contributed by atoms with Gasteiger partial charge in [-0.15, -0.1) is 0 Å². The number of ketones is 1. The summed E-state index contributed by atoms with van der Waals surface area (Å²) in [5, 5.41) is 11.4. The standard InChI is InChI=1S/C21H19ClN2O4/c22-15-7-5-13(6-8-15)19(25)17-18(14-3-1-9-23-11-14)24(21(27)20(17)26)12-16-4-2-10-28-16/h1,3,5-9,11,16,18,25H,2,4,10,12H2/t16-,18+/m0/s1. The number of hydrogen-bond acceptors (Lipinski definition) is 5. The SMILES string of the molecule is O=C1C(=O)N(C[C@@H]2CCCO2)[C@H](c2cccnc2)C1=C(O)c1ccc(Cl)cc1. The fourth-order valence-corrected chi connectivity index (χ4v) is 3.85. The fourth-order valence-electron chi connectivity index (χ4n) is 3.72. The van der Waals surface area contributed by atoms with Gasteiger partial charge >= 0.3 is 0 Å². The first kappa shape index (κ1) is 18.7. The number of aliphatic hydroxyl groups is 1. The number of hydrogen-bond donors (Lipinski definition) is 1. The highest BCUT2D eigenvalue weighted by Crippen LogP contribution is 2.39. The van der Waals surface area contributed by atoms with Crippen LogP contribution in [0.5, 0.6) is 0 Å². The highest BCUT2D eigenvalue weighted by atomic mass is 35.5. The third-order valence-electron chi connectivity index (χ3n) is 5.08. The zero-order valence-corrected chi connectivity index (χ0v) is 15.8. The van der Waals surface area contributed by atoms with Gasteiger partial charge in [0.05, 0.1) is 17.7 Å². The van der Waals surface area contributed by atoms with Crippen LogP contribution in [0.1, 0.15) is 30.0 Å². The minimum Gasteiger partial charge on any atom is -0.507 e. The van der Waals surface area contributed by atoms with Gasteiger partial charge in [0.1, 0.15) is 5.76 Å². The third-order valence-corrected chi connectivity index (χ3v) is 5.33. The molecule has 144 valence electrons. The Bertz CT molecular complexity index is 921. The summed E-state index contributed by atoms with van der Waals surface area (Å²) in [5.74, 6) is -1.57. The van der Waals surface area contributed by atoms with Crippen LogP contribution in [-0.4, -0.2) is 45.9 Å². The number of pyridine rings is 1. The van der Waals surface area contributed by atoms with Crippen LogP contribution < -0.4 is 0 Å². The molecular weight excluding hydrogens is 380 g/mol. The number of Topliss-reactive ketones (excluding diaryl/α,β-unsaturated/α-hetero) is 1. The van der Waals surface area contributed by atoms with Crippen LogP contribution in [0, 0.1) is 0 Å². The van der Waals surface area contributed by atoms with E-state index in [4.69, 9.17) is 16.3 Å². The lowest BCUT2D eigenvalue weighted by atomic mass is 9.96. The molecule has 1 amide bonds. The highest BCUT2D eigenvalue weighted by Gasteiger charge is 2.47. The molecule has 1 aromatic carbocycles. The Hall–Kier alpha value is -2.70. The van der Waals surface area contributed by atoms with Crippen molar-refractivity contribution in [1.82, 2.24) is 9.88 Å². The molecule has 2 atom stereocenters. The van der Waals surface area contributed by atoms with E-state index in [0.717, 1.165) is 12.8 Å². The first-order valence-electron chi connectivity index (χ1n) is 9.12. The summed E-state index contributed by atoms with van der Waals surface area (Å²) >= 11 is 5.92. The molecule has 2 fully saturated rings. The summed E-state index contributed by atoms with van der Waals surface area (Å²) in [6.45, 7) is 0.943. The second-order valence-corrected chi connectivity index (χ2v) is 7.32. The van der Waals surface area contributed by atoms with E-state index >= 15 is 0 Å². The van der Waals surface area contributed by atoms with Gasteiger partial charge in [-0.2, -0.15) is 0 Å². The maximum atomic E-state index is 12.9. The molecule has 2 saturated heterocycles. The van der Waals surface area contributed by atoms with E-state index in [1.54, 1.807) is 48.8 Å². The van der Waals surface area contributed by atoms with Crippen molar-refractivity contribution in [2.45, 2.75) is 25.0 Å². The molecule has 3 heterocycles. The number of carbonyl (C=O) groups is 2. The molecule has 0 radical (unpaired) electrons. The van der Waals surface area contributed by atoms with Gasteiger partial charge < -0.3 is 14.7 Å². The molecule has 0 aliphatic carbocycles. The monoisotopic (exact) mass is 398 g/mol. The van der Waals surface area contributed by atoms with E-state index in [2.05, 4.69) is 4.98 Å². The summed E-state index contributed by atoms with van der Waals surface area (Å²) in [5.41, 5.74) is 1.14. The van der Waals surface area contributed by atoms with E-state index in [-0.39, 0.29) is 17.4 Å². The van der Waals surface area contributed by atoms with Gasteiger partial charge in [-0.05, 0) is 48.7 Å². The Kier molecular flexibility index (Phi) is 5.15. The normalized spacial score (nSPS) is 24.1. The fraction of sp³-hybridized carbons (Fsp3) is 0.286. The van der Waals surface area contributed by atoms with Crippen LogP contribution in [0.4, 0.5) is 0 Å². The Morgan fingerprint density at radius 3 is 2.68 bits per heavy atom. The van der Waals surface area contributed by atoms with E-state index in [1.807, 2.05) is 0 Å². The number of amides is 1. The minimum atomic E-state index is -0.714. The first-order chi connectivity index (χ1) is 13.6. The van der Waals surface area contributed by atoms with Crippen LogP contribution in [0.15, 0.2) is 54.4 Å². The molecule has 4 rings (SSSR count). The van der Waals surface area contributed by atoms with Crippen LogP contribution in [0.2, 0.25) is 5.02 Å². The molecule has 1 aromatic heterocycles. The van der Waals surface area contributed by atoms with Gasteiger partial charge in [-0.3, -0.25) is 14.6 Å². The number of nitrogens with zero attached hydrogens (tertiary/aromatic N) is 2. The summed E-state index contributed by atoms with van der Waals surface area (Å²) in [7, 11) is 0. The van der Waals surface area contributed by atoms with Gasteiger partial charge in [0.15, 0.2) is 0 Å². The number of benzene rings is 1. The number of carbonyl (C=O) groups excluding carboxylic acids is 2. The molecule has 6 nitrogen and oxygen atoms in total. The van der Waals surface area contributed by atoms with Crippen molar-refractivity contribution in [3.05, 3.63) is 70.5 Å². The van der Waals surface area contributed by atoms with Crippen molar-refractivity contribution in [2.75, 3.05) is 13.2 Å². The maximum Gasteiger partial charge on any atom is 0.295 e. The number of halogens is 1. The summed E-state index contributed by atoms with van der Waals surface area (Å²) < 4.78 is 5.66. The lowest BCUT2D eigenvalue weighted by Gasteiger charge is -2.27. The zero-order chi connectivity index (χ0) is 19.7. The van der Waals surface area contributed by atoms with Crippen LogP contribution in [0.3, 0.4) is 0 Å². The van der Waals surface area contributed by atoms with Crippen molar-refractivity contribution < 1.29 is 19.4 Å². The number of ether oxygens (including phenoxy) is 1. The second kappa shape index (κ2) is 7.73. The molecule has 0 bridgehead atoms. The summed E-state index contributed by atoms with van der Waals surface area (Å²) in [4.78, 5) is 31.3. The van der Waals surface area contributed by atoms with E-state index in [1.165, 1.54) is 4.90 Å². The first-order valence-corrected chi connectivity index (χ1v) is 9.50. The van der Waals surface area contributed by atoms with Crippen molar-refractivity contribution in [3.8, 4) is 0 Å². The van der Waals surface area contributed by atoms with Crippen LogP contribution in [0.25, 0.3) is 5.76 Å². The van der Waals surface area contributed by atoms with Gasteiger partial charge in [-0.1, -0.05) is 17.7 Å². The number of aromatic nitrogens is 1. The molecular formula is C21H19ClN2O4. The number of likely N-dealkylation sites (tertiary alicyclic amines) is 1. The van der Waals surface area contributed by atoms with Crippen molar-refractivity contribution in [1.29, 1.82) is 0 Å². The van der Waals surface area contributed by atoms with Crippen LogP contribution in [-0.2, 0) is 14.3 Å². The Balaban J connectivity index is 1.80. The molecule has 0 unspecified atom stereocenters. The van der Waals surface area contributed by atoms with Gasteiger partial charge in [-0.25, -0.2) is 0 Å². The Labute approximate surface area is 167 Å². The van der Waals surface area contributed by atoms with Crippen LogP contribution >= 0.6 is 11.6 Å². The third kappa shape index (κ3) is 3.41.